The summed E-state index contributed by atoms with van der Waals surface area (Å²) >= 11 is 5.93. The Morgan fingerprint density at radius 2 is 1.83 bits per heavy atom. The molecule has 0 saturated carbocycles. The highest BCUT2D eigenvalue weighted by Gasteiger charge is 2.32. The number of hydrogen-bond acceptors (Lipinski definition) is 5. The maximum Gasteiger partial charge on any atom is 0.416 e. The topological polar surface area (TPSA) is 82.0 Å². The monoisotopic (exact) mass is 514 g/mol. The first-order valence-corrected chi connectivity index (χ1v) is 11.8. The number of aliphatic carboxylic acids is 1. The van der Waals surface area contributed by atoms with E-state index in [2.05, 4.69) is 10.2 Å². The number of nitrogens with zero attached hydrogens (tertiary/aromatic N) is 1. The minimum Gasteiger partial charge on any atom is -0.490 e. The smallest absolute Gasteiger partial charge is 0.416 e. The highest BCUT2D eigenvalue weighted by molar-refractivity contribution is 6.30. The molecule has 35 heavy (non-hydrogen) atoms. The molecule has 1 fully saturated rings. The average molecular weight is 515 g/mol. The molecular weight excluding hydrogens is 485 g/mol. The van der Waals surface area contributed by atoms with Gasteiger partial charge in [0.1, 0.15) is 18.0 Å². The van der Waals surface area contributed by atoms with Gasteiger partial charge in [-0.2, -0.15) is 13.2 Å². The van der Waals surface area contributed by atoms with Gasteiger partial charge in [-0.05, 0) is 62.7 Å². The van der Waals surface area contributed by atoms with Crippen LogP contribution in [0, 0.1) is 0 Å². The molecule has 2 aromatic carbocycles. The molecule has 1 heterocycles. The Balaban J connectivity index is 1.49. The SMILES string of the molecule is C[C@](O)(CNC1CCN(Cc2ccc(Cl)cc2)CC1)COc1cc(C(F)(F)F)ccc1CC(=O)O. The maximum absolute atomic E-state index is 13.1. The van der Waals surface area contributed by atoms with Crippen molar-refractivity contribution in [3.05, 3.63) is 64.2 Å². The first-order chi connectivity index (χ1) is 16.4. The summed E-state index contributed by atoms with van der Waals surface area (Å²) < 4.78 is 44.8. The normalized spacial score (nSPS) is 17.2. The van der Waals surface area contributed by atoms with Crippen molar-refractivity contribution in [3.8, 4) is 5.75 Å². The Hall–Kier alpha value is -2.33. The maximum atomic E-state index is 13.1. The molecule has 0 aliphatic carbocycles. The molecule has 0 amide bonds. The molecule has 0 radical (unpaired) electrons. The van der Waals surface area contributed by atoms with Crippen LogP contribution < -0.4 is 10.1 Å². The molecule has 6 nitrogen and oxygen atoms in total. The van der Waals surface area contributed by atoms with Gasteiger partial charge in [-0.25, -0.2) is 0 Å². The average Bonchev–Trinajstić information content (AvgIpc) is 2.78. The number of nitrogens with one attached hydrogen (secondary N) is 1. The lowest BCUT2D eigenvalue weighted by molar-refractivity contribution is -0.137. The van der Waals surface area contributed by atoms with Crippen LogP contribution in [0.4, 0.5) is 13.2 Å². The van der Waals surface area contributed by atoms with Gasteiger partial charge in [0.05, 0.1) is 12.0 Å². The minimum absolute atomic E-state index is 0.113. The number of alkyl halides is 3. The molecule has 2 aromatic rings. The van der Waals surface area contributed by atoms with Crippen molar-refractivity contribution < 1.29 is 32.9 Å². The molecule has 192 valence electrons. The number of aliphatic hydroxyl groups is 1. The molecule has 1 saturated heterocycles. The summed E-state index contributed by atoms with van der Waals surface area (Å²) in [5.41, 5.74) is -1.00. The molecule has 3 rings (SSSR count). The number of carbonyl (C=O) groups is 1. The number of hydrogen-bond donors (Lipinski definition) is 3. The highest BCUT2D eigenvalue weighted by atomic mass is 35.5. The number of likely N-dealkylation sites (tertiary alicyclic amines) is 1. The molecule has 0 bridgehead atoms. The molecule has 1 aliphatic heterocycles. The van der Waals surface area contributed by atoms with Crippen LogP contribution in [-0.4, -0.2) is 59.0 Å². The number of benzene rings is 2. The lowest BCUT2D eigenvalue weighted by Crippen LogP contribution is -2.49. The number of piperidine rings is 1. The predicted octanol–water partition coefficient (Wildman–Crippen LogP) is 4.37. The van der Waals surface area contributed by atoms with Crippen LogP contribution in [-0.2, 0) is 23.9 Å². The number of carboxylic acids is 1. The summed E-state index contributed by atoms with van der Waals surface area (Å²) in [5, 5.41) is 23.8. The molecule has 1 atom stereocenters. The van der Waals surface area contributed by atoms with Crippen molar-refractivity contribution in [1.29, 1.82) is 0 Å². The summed E-state index contributed by atoms with van der Waals surface area (Å²) in [4.78, 5) is 13.4. The van der Waals surface area contributed by atoms with Gasteiger partial charge in [0.15, 0.2) is 0 Å². The molecule has 3 N–H and O–H groups in total. The first-order valence-electron chi connectivity index (χ1n) is 11.4. The van der Waals surface area contributed by atoms with E-state index in [0.717, 1.165) is 50.7 Å². The third kappa shape index (κ3) is 8.68. The van der Waals surface area contributed by atoms with E-state index in [0.29, 0.717) is 5.02 Å². The van der Waals surface area contributed by atoms with Crippen molar-refractivity contribution in [3.63, 3.8) is 0 Å². The lowest BCUT2D eigenvalue weighted by atomic mass is 10.0. The van der Waals surface area contributed by atoms with E-state index in [1.807, 2.05) is 24.3 Å². The number of ether oxygens (including phenoxy) is 1. The zero-order valence-corrected chi connectivity index (χ0v) is 20.2. The molecule has 0 unspecified atom stereocenters. The summed E-state index contributed by atoms with van der Waals surface area (Å²) in [6.45, 7) is 4.04. The van der Waals surface area contributed by atoms with Crippen molar-refractivity contribution in [1.82, 2.24) is 10.2 Å². The van der Waals surface area contributed by atoms with Crippen molar-refractivity contribution in [2.24, 2.45) is 0 Å². The molecular formula is C25H30ClF3N2O4. The van der Waals surface area contributed by atoms with E-state index in [9.17, 15) is 23.1 Å². The second kappa shape index (κ2) is 11.6. The van der Waals surface area contributed by atoms with Gasteiger partial charge >= 0.3 is 12.1 Å². The molecule has 0 aromatic heterocycles. The summed E-state index contributed by atoms with van der Waals surface area (Å²) in [6.07, 6.45) is -3.29. The van der Waals surface area contributed by atoms with Crippen LogP contribution >= 0.6 is 11.6 Å². The Morgan fingerprint density at radius 1 is 1.17 bits per heavy atom. The van der Waals surface area contributed by atoms with E-state index >= 15 is 0 Å². The highest BCUT2D eigenvalue weighted by Crippen LogP contribution is 2.33. The van der Waals surface area contributed by atoms with Crippen LogP contribution in [0.3, 0.4) is 0 Å². The molecule has 0 spiro atoms. The largest absolute Gasteiger partial charge is 0.490 e. The van der Waals surface area contributed by atoms with E-state index in [4.69, 9.17) is 21.4 Å². The lowest BCUT2D eigenvalue weighted by Gasteiger charge is -2.34. The van der Waals surface area contributed by atoms with Crippen LogP contribution in [0.2, 0.25) is 5.02 Å². The van der Waals surface area contributed by atoms with E-state index in [1.165, 1.54) is 12.5 Å². The van der Waals surface area contributed by atoms with Crippen LogP contribution in [0.1, 0.15) is 36.5 Å². The van der Waals surface area contributed by atoms with Gasteiger partial charge in [-0.3, -0.25) is 9.69 Å². The van der Waals surface area contributed by atoms with Crippen molar-refractivity contribution in [2.45, 2.75) is 50.6 Å². The minimum atomic E-state index is -4.59. The number of rotatable bonds is 10. The van der Waals surface area contributed by atoms with Crippen LogP contribution in [0.5, 0.6) is 5.75 Å². The van der Waals surface area contributed by atoms with E-state index in [-0.39, 0.29) is 30.5 Å². The number of carboxylic acid groups (broad SMARTS) is 1. The Morgan fingerprint density at radius 3 is 2.43 bits per heavy atom. The summed E-state index contributed by atoms with van der Waals surface area (Å²) in [5.74, 6) is -1.39. The second-order valence-corrected chi connectivity index (χ2v) is 9.67. The standard InChI is InChI=1S/C25H30ClF3N2O4/c1-24(34,16-35-22-13-19(25(27,28)29)5-4-18(22)12-23(32)33)15-30-21-8-10-31(11-9-21)14-17-2-6-20(26)7-3-17/h2-7,13,21,30,34H,8-12,14-16H2,1H3,(H,32,33)/t24-/m0/s1. The fourth-order valence-corrected chi connectivity index (χ4v) is 4.09. The predicted molar refractivity (Wildman–Crippen MR) is 127 cm³/mol. The van der Waals surface area contributed by atoms with Crippen molar-refractivity contribution in [2.75, 3.05) is 26.2 Å². The van der Waals surface area contributed by atoms with Crippen LogP contribution in [0.15, 0.2) is 42.5 Å². The zero-order valence-electron chi connectivity index (χ0n) is 19.4. The zero-order chi connectivity index (χ0) is 25.6. The summed E-state index contributed by atoms with van der Waals surface area (Å²) in [6, 6.07) is 10.7. The Kier molecular flexibility index (Phi) is 9.04. The van der Waals surface area contributed by atoms with Gasteiger partial charge in [0.2, 0.25) is 0 Å². The third-order valence-electron chi connectivity index (χ3n) is 5.95. The van der Waals surface area contributed by atoms with Gasteiger partial charge in [0, 0.05) is 29.7 Å². The fraction of sp³-hybridized carbons (Fsp3) is 0.480. The Bertz CT molecular complexity index is 991. The van der Waals surface area contributed by atoms with Crippen molar-refractivity contribution >= 4 is 17.6 Å². The first kappa shape index (κ1) is 27.3. The van der Waals surface area contributed by atoms with Gasteiger partial charge in [0.25, 0.3) is 0 Å². The number of halogens is 4. The summed E-state index contributed by atoms with van der Waals surface area (Å²) in [7, 11) is 0. The van der Waals surface area contributed by atoms with E-state index in [1.54, 1.807) is 0 Å². The molecule has 10 heteroatoms. The third-order valence-corrected chi connectivity index (χ3v) is 6.21. The van der Waals surface area contributed by atoms with Crippen LogP contribution in [0.25, 0.3) is 0 Å². The van der Waals surface area contributed by atoms with Gasteiger partial charge in [-0.15, -0.1) is 0 Å². The quantitative estimate of drug-likeness (QED) is 0.437. The van der Waals surface area contributed by atoms with Gasteiger partial charge in [-0.1, -0.05) is 29.8 Å². The Labute approximate surface area is 207 Å². The second-order valence-electron chi connectivity index (χ2n) is 9.23. The van der Waals surface area contributed by atoms with E-state index < -0.39 is 29.7 Å². The molecule has 1 aliphatic rings. The fourth-order valence-electron chi connectivity index (χ4n) is 3.97. The van der Waals surface area contributed by atoms with Gasteiger partial charge < -0.3 is 20.3 Å².